The molecule has 6 heteroatoms. The number of thiophene rings is 1. The maximum Gasteiger partial charge on any atom is 0.227 e. The largest absolute Gasteiger partial charge is 0.338 e. The summed E-state index contributed by atoms with van der Waals surface area (Å²) in [5.74, 6) is 0.194. The zero-order valence-electron chi connectivity index (χ0n) is 9.19. The van der Waals surface area contributed by atoms with Crippen LogP contribution in [0.1, 0.15) is 11.6 Å². The maximum atomic E-state index is 11.9. The Morgan fingerprint density at radius 1 is 1.53 bits per heavy atom. The molecular formula is C11H12N4OS. The molecule has 0 aromatic carbocycles. The minimum absolute atomic E-state index is 0.194. The molecule has 3 rings (SSSR count). The van der Waals surface area contributed by atoms with Gasteiger partial charge in [0.15, 0.2) is 0 Å². The standard InChI is InChI=1S/C11H12N4OS/c16-11(5-9-1-4-17-8-9)14-6-10(7-14)15-3-2-12-13-15/h1-4,8,10H,5-7H2. The Labute approximate surface area is 103 Å². The molecule has 1 amide bonds. The van der Waals surface area contributed by atoms with Gasteiger partial charge in [0.1, 0.15) is 0 Å². The van der Waals surface area contributed by atoms with Crippen molar-refractivity contribution < 1.29 is 4.79 Å². The average molecular weight is 248 g/mol. The van der Waals surface area contributed by atoms with Crippen LogP contribution in [0.15, 0.2) is 29.2 Å². The van der Waals surface area contributed by atoms with E-state index in [-0.39, 0.29) is 5.91 Å². The second-order valence-electron chi connectivity index (χ2n) is 4.14. The van der Waals surface area contributed by atoms with E-state index in [9.17, 15) is 4.79 Å². The van der Waals surface area contributed by atoms with Crippen LogP contribution in [0.5, 0.6) is 0 Å². The fourth-order valence-corrected chi connectivity index (χ4v) is 2.59. The van der Waals surface area contributed by atoms with Crippen molar-refractivity contribution in [2.45, 2.75) is 12.5 Å². The monoisotopic (exact) mass is 248 g/mol. The van der Waals surface area contributed by atoms with Crippen LogP contribution in [0.25, 0.3) is 0 Å². The summed E-state index contributed by atoms with van der Waals surface area (Å²) in [6, 6.07) is 2.29. The summed E-state index contributed by atoms with van der Waals surface area (Å²) in [5.41, 5.74) is 1.10. The molecule has 0 spiro atoms. The molecule has 88 valence electrons. The van der Waals surface area contributed by atoms with E-state index in [0.717, 1.165) is 18.7 Å². The molecular weight excluding hydrogens is 236 g/mol. The van der Waals surface area contributed by atoms with E-state index in [2.05, 4.69) is 10.3 Å². The van der Waals surface area contributed by atoms with Crippen LogP contribution >= 0.6 is 11.3 Å². The Morgan fingerprint density at radius 2 is 2.41 bits per heavy atom. The summed E-state index contributed by atoms with van der Waals surface area (Å²) >= 11 is 1.62. The van der Waals surface area contributed by atoms with E-state index in [1.807, 2.05) is 32.6 Å². The number of likely N-dealkylation sites (tertiary alicyclic amines) is 1. The van der Waals surface area contributed by atoms with Crippen molar-refractivity contribution in [3.05, 3.63) is 34.8 Å². The van der Waals surface area contributed by atoms with Gasteiger partial charge in [0.25, 0.3) is 0 Å². The molecule has 0 radical (unpaired) electrons. The molecule has 2 aromatic rings. The highest BCUT2D eigenvalue weighted by Crippen LogP contribution is 2.21. The highest BCUT2D eigenvalue weighted by molar-refractivity contribution is 7.07. The predicted octanol–water partition coefficient (Wildman–Crippen LogP) is 0.966. The number of carbonyl (C=O) groups excluding carboxylic acids is 1. The van der Waals surface area contributed by atoms with Crippen molar-refractivity contribution in [3.63, 3.8) is 0 Å². The zero-order valence-corrected chi connectivity index (χ0v) is 10.0. The molecule has 2 aromatic heterocycles. The Bertz CT molecular complexity index is 488. The molecule has 1 saturated heterocycles. The fraction of sp³-hybridized carbons (Fsp3) is 0.364. The van der Waals surface area contributed by atoms with Crippen LogP contribution in [0.4, 0.5) is 0 Å². The first-order chi connectivity index (χ1) is 8.33. The number of hydrogen-bond acceptors (Lipinski definition) is 4. The van der Waals surface area contributed by atoms with Gasteiger partial charge in [0, 0.05) is 19.3 Å². The summed E-state index contributed by atoms with van der Waals surface area (Å²) in [7, 11) is 0. The number of aromatic nitrogens is 3. The third-order valence-electron chi connectivity index (χ3n) is 2.97. The molecule has 1 aliphatic rings. The van der Waals surface area contributed by atoms with Crippen molar-refractivity contribution in [1.82, 2.24) is 19.9 Å². The quantitative estimate of drug-likeness (QED) is 0.813. The van der Waals surface area contributed by atoms with E-state index >= 15 is 0 Å². The lowest BCUT2D eigenvalue weighted by atomic mass is 10.1. The first-order valence-corrected chi connectivity index (χ1v) is 6.42. The van der Waals surface area contributed by atoms with E-state index < -0.39 is 0 Å². The van der Waals surface area contributed by atoms with E-state index in [1.165, 1.54) is 0 Å². The smallest absolute Gasteiger partial charge is 0.227 e. The molecule has 0 unspecified atom stereocenters. The summed E-state index contributed by atoms with van der Waals surface area (Å²) in [6.07, 6.45) is 4.01. The summed E-state index contributed by atoms with van der Waals surface area (Å²) < 4.78 is 1.81. The highest BCUT2D eigenvalue weighted by atomic mass is 32.1. The van der Waals surface area contributed by atoms with Crippen molar-refractivity contribution in [2.75, 3.05) is 13.1 Å². The number of hydrogen-bond donors (Lipinski definition) is 0. The molecule has 1 aliphatic heterocycles. The third-order valence-corrected chi connectivity index (χ3v) is 3.70. The van der Waals surface area contributed by atoms with Gasteiger partial charge in [-0.25, -0.2) is 4.68 Å². The highest BCUT2D eigenvalue weighted by Gasteiger charge is 2.32. The summed E-state index contributed by atoms with van der Waals surface area (Å²) in [4.78, 5) is 13.8. The van der Waals surface area contributed by atoms with Crippen LogP contribution in [0.3, 0.4) is 0 Å². The average Bonchev–Trinajstić information content (AvgIpc) is 2.87. The molecule has 0 saturated carbocycles. The first kappa shape index (κ1) is 10.5. The molecule has 17 heavy (non-hydrogen) atoms. The predicted molar refractivity (Wildman–Crippen MR) is 63.7 cm³/mol. The topological polar surface area (TPSA) is 51.0 Å². The van der Waals surface area contributed by atoms with Gasteiger partial charge in [0.2, 0.25) is 5.91 Å². The number of nitrogens with zero attached hydrogens (tertiary/aromatic N) is 4. The third kappa shape index (κ3) is 2.08. The zero-order chi connectivity index (χ0) is 11.7. The summed E-state index contributed by atoms with van der Waals surface area (Å²) in [6.45, 7) is 1.48. The number of rotatable bonds is 3. The molecule has 3 heterocycles. The lowest BCUT2D eigenvalue weighted by Crippen LogP contribution is -2.51. The fourth-order valence-electron chi connectivity index (χ4n) is 1.92. The van der Waals surface area contributed by atoms with Crippen LogP contribution in [-0.4, -0.2) is 38.9 Å². The number of amides is 1. The van der Waals surface area contributed by atoms with Gasteiger partial charge in [-0.05, 0) is 22.4 Å². The van der Waals surface area contributed by atoms with E-state index in [1.54, 1.807) is 17.5 Å². The minimum Gasteiger partial charge on any atom is -0.338 e. The Balaban J connectivity index is 1.54. The minimum atomic E-state index is 0.194. The van der Waals surface area contributed by atoms with Gasteiger partial charge < -0.3 is 4.90 Å². The maximum absolute atomic E-state index is 11.9. The van der Waals surface area contributed by atoms with Crippen LogP contribution < -0.4 is 0 Å². The molecule has 0 aliphatic carbocycles. The molecule has 0 N–H and O–H groups in total. The van der Waals surface area contributed by atoms with Crippen LogP contribution in [0.2, 0.25) is 0 Å². The molecule has 1 fully saturated rings. The van der Waals surface area contributed by atoms with E-state index in [4.69, 9.17) is 0 Å². The molecule has 5 nitrogen and oxygen atoms in total. The normalized spacial score (nSPS) is 15.9. The lowest BCUT2D eigenvalue weighted by molar-refractivity contribution is -0.136. The van der Waals surface area contributed by atoms with E-state index in [0.29, 0.717) is 12.5 Å². The van der Waals surface area contributed by atoms with Crippen LogP contribution in [0, 0.1) is 0 Å². The Kier molecular flexibility index (Phi) is 2.64. The lowest BCUT2D eigenvalue weighted by Gasteiger charge is -2.38. The number of carbonyl (C=O) groups is 1. The van der Waals surface area contributed by atoms with Crippen molar-refractivity contribution in [2.24, 2.45) is 0 Å². The van der Waals surface area contributed by atoms with Crippen molar-refractivity contribution >= 4 is 17.2 Å². The summed E-state index contributed by atoms with van der Waals surface area (Å²) in [5, 5.41) is 11.7. The van der Waals surface area contributed by atoms with Gasteiger partial charge >= 0.3 is 0 Å². The van der Waals surface area contributed by atoms with Gasteiger partial charge in [-0.2, -0.15) is 11.3 Å². The van der Waals surface area contributed by atoms with Crippen LogP contribution in [-0.2, 0) is 11.2 Å². The Hall–Kier alpha value is -1.69. The SMILES string of the molecule is O=C(Cc1ccsc1)N1CC(n2ccnn2)C1. The van der Waals surface area contributed by atoms with Crippen molar-refractivity contribution in [1.29, 1.82) is 0 Å². The molecule has 0 atom stereocenters. The van der Waals surface area contributed by atoms with Gasteiger partial charge in [-0.1, -0.05) is 5.21 Å². The first-order valence-electron chi connectivity index (χ1n) is 5.47. The van der Waals surface area contributed by atoms with Gasteiger partial charge in [-0.3, -0.25) is 4.79 Å². The van der Waals surface area contributed by atoms with Gasteiger partial charge in [-0.15, -0.1) is 5.10 Å². The van der Waals surface area contributed by atoms with Crippen molar-refractivity contribution in [3.8, 4) is 0 Å². The molecule has 0 bridgehead atoms. The second-order valence-corrected chi connectivity index (χ2v) is 4.92. The Morgan fingerprint density at radius 3 is 3.06 bits per heavy atom. The second kappa shape index (κ2) is 4.29. The van der Waals surface area contributed by atoms with Gasteiger partial charge in [0.05, 0.1) is 18.7 Å².